The Bertz CT molecular complexity index is 456. The Labute approximate surface area is 106 Å². The minimum absolute atomic E-state index is 0.282. The van der Waals surface area contributed by atoms with Crippen molar-refractivity contribution in [2.24, 2.45) is 0 Å². The highest BCUT2D eigenvalue weighted by atomic mass is 16.3. The highest BCUT2D eigenvalue weighted by Crippen LogP contribution is 2.17. The third-order valence-electron chi connectivity index (χ3n) is 3.21. The summed E-state index contributed by atoms with van der Waals surface area (Å²) < 4.78 is 0. The molecule has 0 aliphatic carbocycles. The number of carbonyl (C=O) groups is 1. The summed E-state index contributed by atoms with van der Waals surface area (Å²) >= 11 is 0. The number of amides is 1. The molecule has 0 spiro atoms. The van der Waals surface area contributed by atoms with Crippen LogP contribution in [-0.2, 0) is 13.1 Å². The SMILES string of the molecule is CC(CO)(CO)NC(=O)c1ccc2c(c1)CNC2. The van der Waals surface area contributed by atoms with E-state index in [0.29, 0.717) is 5.56 Å². The van der Waals surface area contributed by atoms with Crippen LogP contribution in [0.15, 0.2) is 18.2 Å². The largest absolute Gasteiger partial charge is 0.394 e. The number of hydrogen-bond acceptors (Lipinski definition) is 4. The molecule has 0 unspecified atom stereocenters. The average molecular weight is 250 g/mol. The molecule has 2 rings (SSSR count). The van der Waals surface area contributed by atoms with E-state index < -0.39 is 5.54 Å². The zero-order chi connectivity index (χ0) is 13.2. The highest BCUT2D eigenvalue weighted by molar-refractivity contribution is 5.95. The number of fused-ring (bicyclic) bond motifs is 1. The van der Waals surface area contributed by atoms with E-state index in [-0.39, 0.29) is 19.1 Å². The maximum absolute atomic E-state index is 12.0. The van der Waals surface area contributed by atoms with Gasteiger partial charge in [-0.15, -0.1) is 0 Å². The summed E-state index contributed by atoms with van der Waals surface area (Å²) in [4.78, 5) is 12.0. The monoisotopic (exact) mass is 250 g/mol. The highest BCUT2D eigenvalue weighted by Gasteiger charge is 2.25. The summed E-state index contributed by atoms with van der Waals surface area (Å²) in [5.74, 6) is -0.282. The van der Waals surface area contributed by atoms with Crippen LogP contribution >= 0.6 is 0 Å². The molecule has 4 N–H and O–H groups in total. The summed E-state index contributed by atoms with van der Waals surface area (Å²) in [5.41, 5.74) is 1.88. The normalized spacial score (nSPS) is 14.4. The van der Waals surface area contributed by atoms with E-state index in [0.717, 1.165) is 18.7 Å². The molecule has 0 bridgehead atoms. The van der Waals surface area contributed by atoms with Crippen molar-refractivity contribution in [3.8, 4) is 0 Å². The first-order chi connectivity index (χ1) is 8.58. The minimum atomic E-state index is -0.992. The van der Waals surface area contributed by atoms with Crippen LogP contribution in [0.1, 0.15) is 28.4 Å². The fraction of sp³-hybridized carbons (Fsp3) is 0.462. The maximum Gasteiger partial charge on any atom is 0.251 e. The van der Waals surface area contributed by atoms with Gasteiger partial charge in [-0.25, -0.2) is 0 Å². The van der Waals surface area contributed by atoms with Crippen molar-refractivity contribution < 1.29 is 15.0 Å². The second-order valence-electron chi connectivity index (χ2n) is 4.92. The Morgan fingerprint density at radius 1 is 1.33 bits per heavy atom. The van der Waals surface area contributed by atoms with Crippen LogP contribution in [0.4, 0.5) is 0 Å². The van der Waals surface area contributed by atoms with Gasteiger partial charge in [-0.1, -0.05) is 6.07 Å². The van der Waals surface area contributed by atoms with E-state index in [1.807, 2.05) is 12.1 Å². The summed E-state index contributed by atoms with van der Waals surface area (Å²) in [6.07, 6.45) is 0. The van der Waals surface area contributed by atoms with Crippen LogP contribution < -0.4 is 10.6 Å². The number of benzene rings is 1. The first-order valence-corrected chi connectivity index (χ1v) is 5.95. The number of rotatable bonds is 4. The van der Waals surface area contributed by atoms with E-state index in [1.165, 1.54) is 5.56 Å². The lowest BCUT2D eigenvalue weighted by Crippen LogP contribution is -2.51. The van der Waals surface area contributed by atoms with Crippen LogP contribution in [0.5, 0.6) is 0 Å². The smallest absolute Gasteiger partial charge is 0.251 e. The standard InChI is InChI=1S/C13H18N2O3/c1-13(7-16,8-17)15-12(18)9-2-3-10-5-14-6-11(10)4-9/h2-4,14,16-17H,5-8H2,1H3,(H,15,18). The molecule has 0 aromatic heterocycles. The molecule has 1 aromatic rings. The molecule has 5 heteroatoms. The molecule has 0 radical (unpaired) electrons. The molecular formula is C13H18N2O3. The molecular weight excluding hydrogens is 232 g/mol. The van der Waals surface area contributed by atoms with Gasteiger partial charge in [0, 0.05) is 18.7 Å². The minimum Gasteiger partial charge on any atom is -0.394 e. The summed E-state index contributed by atoms with van der Waals surface area (Å²) in [7, 11) is 0. The van der Waals surface area contributed by atoms with Gasteiger partial charge in [-0.2, -0.15) is 0 Å². The number of aliphatic hydroxyl groups excluding tert-OH is 2. The third-order valence-corrected chi connectivity index (χ3v) is 3.21. The third kappa shape index (κ3) is 2.53. The second-order valence-corrected chi connectivity index (χ2v) is 4.92. The Morgan fingerprint density at radius 2 is 2.00 bits per heavy atom. The van der Waals surface area contributed by atoms with Crippen LogP contribution in [0.2, 0.25) is 0 Å². The van der Waals surface area contributed by atoms with Gasteiger partial charge in [-0.05, 0) is 30.2 Å². The molecule has 1 aromatic carbocycles. The van der Waals surface area contributed by atoms with Crippen molar-refractivity contribution in [2.75, 3.05) is 13.2 Å². The van der Waals surface area contributed by atoms with Gasteiger partial charge in [-0.3, -0.25) is 4.79 Å². The van der Waals surface area contributed by atoms with Gasteiger partial charge in [0.25, 0.3) is 5.91 Å². The van der Waals surface area contributed by atoms with Crippen molar-refractivity contribution in [2.45, 2.75) is 25.6 Å². The van der Waals surface area contributed by atoms with E-state index in [9.17, 15) is 4.79 Å². The number of hydrogen-bond donors (Lipinski definition) is 4. The van der Waals surface area contributed by atoms with Crippen LogP contribution in [-0.4, -0.2) is 34.9 Å². The summed E-state index contributed by atoms with van der Waals surface area (Å²) in [6, 6.07) is 5.54. The van der Waals surface area contributed by atoms with E-state index in [1.54, 1.807) is 13.0 Å². The molecule has 1 amide bonds. The molecule has 1 heterocycles. The molecule has 0 saturated heterocycles. The molecule has 1 aliphatic rings. The molecule has 0 saturated carbocycles. The summed E-state index contributed by atoms with van der Waals surface area (Å²) in [5, 5.41) is 24.2. The van der Waals surface area contributed by atoms with Crippen LogP contribution in [0.3, 0.4) is 0 Å². The van der Waals surface area contributed by atoms with E-state index in [2.05, 4.69) is 10.6 Å². The topological polar surface area (TPSA) is 81.6 Å². The van der Waals surface area contributed by atoms with Gasteiger partial charge in [0.05, 0.1) is 18.8 Å². The van der Waals surface area contributed by atoms with E-state index >= 15 is 0 Å². The maximum atomic E-state index is 12.0. The molecule has 0 atom stereocenters. The zero-order valence-electron chi connectivity index (χ0n) is 10.4. The predicted octanol–water partition coefficient (Wildman–Crippen LogP) is -0.237. The van der Waals surface area contributed by atoms with Gasteiger partial charge >= 0.3 is 0 Å². The number of aliphatic hydroxyl groups is 2. The lowest BCUT2D eigenvalue weighted by molar-refractivity contribution is 0.0724. The van der Waals surface area contributed by atoms with Gasteiger partial charge in [0.15, 0.2) is 0 Å². The number of nitrogens with one attached hydrogen (secondary N) is 2. The first kappa shape index (κ1) is 13.0. The fourth-order valence-corrected chi connectivity index (χ4v) is 1.91. The first-order valence-electron chi connectivity index (χ1n) is 5.95. The molecule has 18 heavy (non-hydrogen) atoms. The molecule has 5 nitrogen and oxygen atoms in total. The molecule has 98 valence electrons. The Hall–Kier alpha value is -1.43. The Morgan fingerprint density at radius 3 is 2.67 bits per heavy atom. The van der Waals surface area contributed by atoms with Crippen LogP contribution in [0, 0.1) is 0 Å². The Kier molecular flexibility index (Phi) is 3.65. The Balaban J connectivity index is 2.14. The summed E-state index contributed by atoms with van der Waals surface area (Å²) in [6.45, 7) is 2.60. The van der Waals surface area contributed by atoms with Crippen molar-refractivity contribution >= 4 is 5.91 Å². The van der Waals surface area contributed by atoms with E-state index in [4.69, 9.17) is 10.2 Å². The lowest BCUT2D eigenvalue weighted by atomic mass is 10.0. The van der Waals surface area contributed by atoms with Gasteiger partial charge in [0.2, 0.25) is 0 Å². The van der Waals surface area contributed by atoms with Gasteiger partial charge in [0.1, 0.15) is 0 Å². The zero-order valence-corrected chi connectivity index (χ0v) is 10.4. The average Bonchev–Trinajstić information content (AvgIpc) is 2.85. The fourth-order valence-electron chi connectivity index (χ4n) is 1.91. The van der Waals surface area contributed by atoms with Gasteiger partial charge < -0.3 is 20.8 Å². The number of carbonyl (C=O) groups excluding carboxylic acids is 1. The lowest BCUT2D eigenvalue weighted by Gasteiger charge is -2.26. The van der Waals surface area contributed by atoms with Crippen molar-refractivity contribution in [3.05, 3.63) is 34.9 Å². The van der Waals surface area contributed by atoms with Crippen molar-refractivity contribution in [3.63, 3.8) is 0 Å². The molecule has 1 aliphatic heterocycles. The molecule has 0 fully saturated rings. The van der Waals surface area contributed by atoms with Crippen molar-refractivity contribution in [1.29, 1.82) is 0 Å². The second kappa shape index (κ2) is 5.06. The predicted molar refractivity (Wildman–Crippen MR) is 67.0 cm³/mol. The van der Waals surface area contributed by atoms with Crippen molar-refractivity contribution in [1.82, 2.24) is 10.6 Å². The van der Waals surface area contributed by atoms with Crippen LogP contribution in [0.25, 0.3) is 0 Å². The quantitative estimate of drug-likeness (QED) is 0.594.